The number of nitrogens with zero attached hydrogens (tertiary/aromatic N) is 1. The van der Waals surface area contributed by atoms with E-state index in [1.54, 1.807) is 0 Å². The Morgan fingerprint density at radius 1 is 0.261 bits per heavy atom. The lowest BCUT2D eigenvalue weighted by Crippen LogP contribution is -2.25. The van der Waals surface area contributed by atoms with Gasteiger partial charge in [-0.05, 0) is 154 Å². The highest BCUT2D eigenvalue weighted by Crippen LogP contribution is 2.64. The molecule has 1 spiro atoms. The van der Waals surface area contributed by atoms with Crippen LogP contribution in [-0.4, -0.2) is 0 Å². The maximum Gasteiger partial charge on any atom is 0.135 e. The van der Waals surface area contributed by atoms with Crippen LogP contribution in [0.25, 0.3) is 98.8 Å². The summed E-state index contributed by atoms with van der Waals surface area (Å²) >= 11 is 0. The quantitative estimate of drug-likeness (QED) is 0.160. The summed E-state index contributed by atoms with van der Waals surface area (Å²) in [6.07, 6.45) is 0. The maximum atomic E-state index is 6.19. The largest absolute Gasteiger partial charge is 0.456 e. The number of furan rings is 1. The molecular weight excluding hydrogens is 835 g/mol. The van der Waals surface area contributed by atoms with Crippen LogP contribution >= 0.6 is 0 Å². The van der Waals surface area contributed by atoms with Gasteiger partial charge in [0.05, 0.1) is 5.41 Å². The van der Waals surface area contributed by atoms with E-state index in [2.05, 4.69) is 241 Å². The lowest BCUT2D eigenvalue weighted by atomic mass is 9.70. The molecule has 15 rings (SSSR count). The molecule has 0 unspecified atom stereocenters. The van der Waals surface area contributed by atoms with Crippen molar-refractivity contribution in [1.29, 1.82) is 0 Å². The Balaban J connectivity index is 0.889. The van der Waals surface area contributed by atoms with Gasteiger partial charge in [-0.2, -0.15) is 0 Å². The summed E-state index contributed by atoms with van der Waals surface area (Å²) < 4.78 is 6.19. The highest BCUT2D eigenvalue weighted by Gasteiger charge is 2.52. The Morgan fingerprint density at radius 2 is 0.710 bits per heavy atom. The molecule has 0 saturated heterocycles. The highest BCUT2D eigenvalue weighted by atomic mass is 16.3. The van der Waals surface area contributed by atoms with Gasteiger partial charge in [0.25, 0.3) is 0 Å². The fourth-order valence-corrected chi connectivity index (χ4v) is 12.4. The predicted molar refractivity (Wildman–Crippen MR) is 288 cm³/mol. The standard InChI is InChI=1S/C67H41NO/c1-2-16-51-49(14-1)50-15-3-4-17-52(50)58-41-47(37-38-53(51)58)68(45-33-28-42(29-34-45)44-32-39-65-59(40-44)56-20-8-12-27-64(56)69-65)46-35-30-43(31-36-46)48-22-13-26-63-66(48)57-21-7-11-25-62(57)67(63)60-23-9-5-18-54(60)55-19-6-10-24-61(55)67/h1-41H. The zero-order valence-electron chi connectivity index (χ0n) is 37.5. The van der Waals surface area contributed by atoms with Crippen LogP contribution in [0.2, 0.25) is 0 Å². The van der Waals surface area contributed by atoms with Crippen molar-refractivity contribution in [2.24, 2.45) is 0 Å². The van der Waals surface area contributed by atoms with Crippen molar-refractivity contribution in [3.05, 3.63) is 271 Å². The Labute approximate surface area is 399 Å². The van der Waals surface area contributed by atoms with Crippen LogP contribution in [0.1, 0.15) is 22.3 Å². The molecule has 12 aromatic carbocycles. The SMILES string of the molecule is c1ccc2c(c1)-c1ccccc1C21c2ccccc2-c2c(-c3ccc(N(c4ccc(-c5ccc6oc7ccccc7c6c5)cc4)c4ccc5c6ccccc6c6ccccc6c5c4)cc3)cccc21. The molecule has 0 atom stereocenters. The number of hydrogen-bond donors (Lipinski definition) is 0. The minimum atomic E-state index is -0.387. The van der Waals surface area contributed by atoms with Gasteiger partial charge >= 0.3 is 0 Å². The molecule has 2 nitrogen and oxygen atoms in total. The third-order valence-corrected chi connectivity index (χ3v) is 15.3. The number of rotatable bonds is 5. The van der Waals surface area contributed by atoms with Crippen molar-refractivity contribution in [2.45, 2.75) is 5.41 Å². The zero-order chi connectivity index (χ0) is 45.2. The van der Waals surface area contributed by atoms with Crippen LogP contribution < -0.4 is 4.90 Å². The van der Waals surface area contributed by atoms with E-state index in [0.29, 0.717) is 0 Å². The number of benzene rings is 12. The smallest absolute Gasteiger partial charge is 0.135 e. The van der Waals surface area contributed by atoms with Crippen LogP contribution in [0.5, 0.6) is 0 Å². The normalized spacial score (nSPS) is 13.0. The van der Waals surface area contributed by atoms with E-state index >= 15 is 0 Å². The van der Waals surface area contributed by atoms with Crippen LogP contribution in [0.4, 0.5) is 17.1 Å². The number of hydrogen-bond acceptors (Lipinski definition) is 2. The number of anilines is 3. The molecule has 0 radical (unpaired) electrons. The van der Waals surface area contributed by atoms with Gasteiger partial charge in [-0.1, -0.05) is 194 Å². The average Bonchev–Trinajstić information content (AvgIpc) is 4.05. The number of para-hydroxylation sites is 1. The van der Waals surface area contributed by atoms with Gasteiger partial charge in [0.1, 0.15) is 11.2 Å². The molecule has 69 heavy (non-hydrogen) atoms. The molecule has 0 saturated carbocycles. The minimum absolute atomic E-state index is 0.387. The molecule has 1 heterocycles. The first-order valence-electron chi connectivity index (χ1n) is 23.9. The Bertz CT molecular complexity index is 4170. The molecule has 2 heteroatoms. The van der Waals surface area contributed by atoms with Crippen molar-refractivity contribution < 1.29 is 4.42 Å². The average molecular weight is 876 g/mol. The fourth-order valence-electron chi connectivity index (χ4n) is 12.4. The Kier molecular flexibility index (Phi) is 8.02. The van der Waals surface area contributed by atoms with E-state index in [4.69, 9.17) is 4.42 Å². The second-order valence-corrected chi connectivity index (χ2v) is 18.7. The zero-order valence-corrected chi connectivity index (χ0v) is 37.5. The second-order valence-electron chi connectivity index (χ2n) is 18.7. The van der Waals surface area contributed by atoms with Crippen LogP contribution in [0, 0.1) is 0 Å². The van der Waals surface area contributed by atoms with Gasteiger partial charge in [-0.25, -0.2) is 0 Å². The van der Waals surface area contributed by atoms with Gasteiger partial charge in [-0.15, -0.1) is 0 Å². The van der Waals surface area contributed by atoms with Crippen LogP contribution in [0.3, 0.4) is 0 Å². The highest BCUT2D eigenvalue weighted by molar-refractivity contribution is 6.26. The summed E-state index contributed by atoms with van der Waals surface area (Å²) in [5, 5.41) is 9.82. The monoisotopic (exact) mass is 875 g/mol. The van der Waals surface area contributed by atoms with Crippen LogP contribution in [0.15, 0.2) is 253 Å². The van der Waals surface area contributed by atoms with Crippen molar-refractivity contribution in [1.82, 2.24) is 0 Å². The van der Waals surface area contributed by atoms with Gasteiger partial charge in [0.15, 0.2) is 0 Å². The molecule has 0 fully saturated rings. The van der Waals surface area contributed by atoms with Crippen molar-refractivity contribution in [3.8, 4) is 44.5 Å². The molecular formula is C67H41NO. The van der Waals surface area contributed by atoms with Crippen molar-refractivity contribution >= 4 is 71.3 Å². The third-order valence-electron chi connectivity index (χ3n) is 15.3. The summed E-state index contributed by atoms with van der Waals surface area (Å²) in [6, 6.07) is 91.9. The van der Waals surface area contributed by atoms with Crippen molar-refractivity contribution in [2.75, 3.05) is 4.90 Å². The lowest BCUT2D eigenvalue weighted by molar-refractivity contribution is 0.669. The lowest BCUT2D eigenvalue weighted by Gasteiger charge is -2.30. The van der Waals surface area contributed by atoms with Crippen LogP contribution in [-0.2, 0) is 5.41 Å². The molecule has 0 bridgehead atoms. The van der Waals surface area contributed by atoms with Gasteiger partial charge in [-0.3, -0.25) is 0 Å². The van der Waals surface area contributed by atoms with E-state index in [1.807, 2.05) is 12.1 Å². The maximum absolute atomic E-state index is 6.19. The summed E-state index contributed by atoms with van der Waals surface area (Å²) in [7, 11) is 0. The second kappa shape index (κ2) is 14.5. The molecule has 2 aliphatic carbocycles. The summed E-state index contributed by atoms with van der Waals surface area (Å²) in [6.45, 7) is 0. The Morgan fingerprint density at radius 3 is 1.36 bits per heavy atom. The van der Waals surface area contributed by atoms with Gasteiger partial charge in [0.2, 0.25) is 0 Å². The molecule has 0 N–H and O–H groups in total. The first-order valence-corrected chi connectivity index (χ1v) is 23.9. The minimum Gasteiger partial charge on any atom is -0.456 e. The molecule has 320 valence electrons. The summed E-state index contributed by atoms with van der Waals surface area (Å²) in [4.78, 5) is 2.41. The van der Waals surface area contributed by atoms with Crippen molar-refractivity contribution in [3.63, 3.8) is 0 Å². The molecule has 0 amide bonds. The molecule has 13 aromatic rings. The molecule has 2 aliphatic rings. The first kappa shape index (κ1) is 38.2. The fraction of sp³-hybridized carbons (Fsp3) is 0.0149. The number of fused-ring (bicyclic) bond motifs is 19. The van der Waals surface area contributed by atoms with E-state index in [9.17, 15) is 0 Å². The van der Waals surface area contributed by atoms with E-state index in [1.165, 1.54) is 88.0 Å². The van der Waals surface area contributed by atoms with Gasteiger partial charge in [0, 0.05) is 27.8 Å². The Hall–Kier alpha value is -8.98. The third kappa shape index (κ3) is 5.37. The summed E-state index contributed by atoms with van der Waals surface area (Å²) in [5.41, 5.74) is 20.1. The van der Waals surface area contributed by atoms with Gasteiger partial charge < -0.3 is 9.32 Å². The first-order chi connectivity index (χ1) is 34.2. The van der Waals surface area contributed by atoms with E-state index < -0.39 is 0 Å². The molecule has 0 aliphatic heterocycles. The van der Waals surface area contributed by atoms with E-state index in [0.717, 1.165) is 50.1 Å². The predicted octanol–water partition coefficient (Wildman–Crippen LogP) is 18.2. The van der Waals surface area contributed by atoms with E-state index in [-0.39, 0.29) is 5.41 Å². The molecule has 1 aromatic heterocycles. The summed E-state index contributed by atoms with van der Waals surface area (Å²) in [5.74, 6) is 0. The topological polar surface area (TPSA) is 16.4 Å².